The zero-order valence-corrected chi connectivity index (χ0v) is 9.54. The van der Waals surface area contributed by atoms with Crippen molar-refractivity contribution < 1.29 is 9.21 Å². The van der Waals surface area contributed by atoms with Crippen LogP contribution in [0.15, 0.2) is 47.5 Å². The van der Waals surface area contributed by atoms with Crippen molar-refractivity contribution in [2.45, 2.75) is 6.54 Å². The number of hydrogen-bond donors (Lipinski definition) is 1. The molecule has 0 saturated heterocycles. The Morgan fingerprint density at radius 3 is 3.11 bits per heavy atom. The molecule has 5 nitrogen and oxygen atoms in total. The number of amides is 1. The first-order valence-electron chi connectivity index (χ1n) is 5.50. The fourth-order valence-electron chi connectivity index (χ4n) is 1.94. The molecule has 90 valence electrons. The minimum absolute atomic E-state index is 0.392. The van der Waals surface area contributed by atoms with Crippen molar-refractivity contribution in [3.8, 4) is 0 Å². The van der Waals surface area contributed by atoms with Crippen LogP contribution in [0.2, 0.25) is 0 Å². The number of carbonyl (C=O) groups is 1. The van der Waals surface area contributed by atoms with Gasteiger partial charge in [-0.1, -0.05) is 0 Å². The summed E-state index contributed by atoms with van der Waals surface area (Å²) in [5.41, 5.74) is 6.64. The fourth-order valence-corrected chi connectivity index (χ4v) is 1.94. The minimum Gasteiger partial charge on any atom is -0.467 e. The Labute approximate surface area is 103 Å². The van der Waals surface area contributed by atoms with Gasteiger partial charge in [0.2, 0.25) is 0 Å². The van der Waals surface area contributed by atoms with Crippen LogP contribution in [0.25, 0.3) is 10.9 Å². The summed E-state index contributed by atoms with van der Waals surface area (Å²) in [7, 11) is 0. The van der Waals surface area contributed by atoms with Crippen LogP contribution in [0, 0.1) is 0 Å². The van der Waals surface area contributed by atoms with Gasteiger partial charge in [-0.25, -0.2) is 0 Å². The highest BCUT2D eigenvalue weighted by Crippen LogP contribution is 2.16. The van der Waals surface area contributed by atoms with Gasteiger partial charge in [0.15, 0.2) is 0 Å². The van der Waals surface area contributed by atoms with Gasteiger partial charge in [0, 0.05) is 24.0 Å². The van der Waals surface area contributed by atoms with Gasteiger partial charge in [-0.3, -0.25) is 9.78 Å². The standard InChI is InChI=1S/C13H11N3O2/c14-13(17)10-5-11(18-8-10)7-16-4-2-9-6-15-3-1-12(9)16/h1-6,8H,7H2,(H2,14,17). The number of aromatic nitrogens is 2. The van der Waals surface area contributed by atoms with E-state index in [-0.39, 0.29) is 0 Å². The summed E-state index contributed by atoms with van der Waals surface area (Å²) in [6, 6.07) is 5.59. The quantitative estimate of drug-likeness (QED) is 0.759. The second-order valence-corrected chi connectivity index (χ2v) is 4.04. The zero-order valence-electron chi connectivity index (χ0n) is 9.54. The molecule has 0 aliphatic heterocycles. The van der Waals surface area contributed by atoms with Crippen LogP contribution >= 0.6 is 0 Å². The third kappa shape index (κ3) is 1.75. The Balaban J connectivity index is 1.93. The van der Waals surface area contributed by atoms with E-state index in [9.17, 15) is 4.79 Å². The minimum atomic E-state index is -0.480. The van der Waals surface area contributed by atoms with Crippen LogP contribution < -0.4 is 5.73 Å². The smallest absolute Gasteiger partial charge is 0.251 e. The number of furan rings is 1. The van der Waals surface area contributed by atoms with Crippen molar-refractivity contribution in [3.63, 3.8) is 0 Å². The number of hydrogen-bond acceptors (Lipinski definition) is 3. The number of fused-ring (bicyclic) bond motifs is 1. The highest BCUT2D eigenvalue weighted by atomic mass is 16.3. The summed E-state index contributed by atoms with van der Waals surface area (Å²) in [6.45, 7) is 0.556. The maximum Gasteiger partial charge on any atom is 0.251 e. The highest BCUT2D eigenvalue weighted by Gasteiger charge is 2.08. The van der Waals surface area contributed by atoms with Crippen molar-refractivity contribution in [2.24, 2.45) is 5.73 Å². The van der Waals surface area contributed by atoms with Crippen LogP contribution in [0.1, 0.15) is 16.1 Å². The predicted molar refractivity (Wildman–Crippen MR) is 66.1 cm³/mol. The van der Waals surface area contributed by atoms with E-state index in [4.69, 9.17) is 10.2 Å². The Hall–Kier alpha value is -2.56. The lowest BCUT2D eigenvalue weighted by molar-refractivity contribution is 0.0999. The number of primary amides is 1. The van der Waals surface area contributed by atoms with Crippen LogP contribution in [0.4, 0.5) is 0 Å². The van der Waals surface area contributed by atoms with E-state index in [1.807, 2.05) is 29.1 Å². The summed E-state index contributed by atoms with van der Waals surface area (Å²) in [4.78, 5) is 15.0. The monoisotopic (exact) mass is 241 g/mol. The van der Waals surface area contributed by atoms with Crippen molar-refractivity contribution >= 4 is 16.8 Å². The molecule has 0 atom stereocenters. The molecule has 5 heteroatoms. The predicted octanol–water partition coefficient (Wildman–Crippen LogP) is 1.78. The molecule has 2 N–H and O–H groups in total. The number of nitrogens with zero attached hydrogens (tertiary/aromatic N) is 2. The summed E-state index contributed by atoms with van der Waals surface area (Å²) < 4.78 is 7.34. The second-order valence-electron chi connectivity index (χ2n) is 4.04. The van der Waals surface area contributed by atoms with E-state index in [0.717, 1.165) is 10.9 Å². The van der Waals surface area contributed by atoms with Gasteiger partial charge in [0.05, 0.1) is 17.6 Å². The molecule has 0 aliphatic rings. The van der Waals surface area contributed by atoms with E-state index in [1.54, 1.807) is 12.3 Å². The first-order valence-corrected chi connectivity index (χ1v) is 5.50. The Morgan fingerprint density at radius 2 is 2.33 bits per heavy atom. The molecule has 0 fully saturated rings. The lowest BCUT2D eigenvalue weighted by Gasteiger charge is -2.01. The zero-order chi connectivity index (χ0) is 12.5. The molecule has 0 unspecified atom stereocenters. The lowest BCUT2D eigenvalue weighted by atomic mass is 10.3. The summed E-state index contributed by atoms with van der Waals surface area (Å²) in [6.07, 6.45) is 6.89. The van der Waals surface area contributed by atoms with E-state index < -0.39 is 5.91 Å². The molecule has 18 heavy (non-hydrogen) atoms. The van der Waals surface area contributed by atoms with Crippen LogP contribution in [0.5, 0.6) is 0 Å². The summed E-state index contributed by atoms with van der Waals surface area (Å²) in [5.74, 6) is 0.213. The fraction of sp³-hybridized carbons (Fsp3) is 0.0769. The van der Waals surface area contributed by atoms with Crippen LogP contribution in [0.3, 0.4) is 0 Å². The molecule has 3 heterocycles. The van der Waals surface area contributed by atoms with Crippen LogP contribution in [-0.4, -0.2) is 15.5 Å². The maximum absolute atomic E-state index is 11.0. The average Bonchev–Trinajstić information content (AvgIpc) is 2.98. The van der Waals surface area contributed by atoms with Crippen molar-refractivity contribution in [2.75, 3.05) is 0 Å². The van der Waals surface area contributed by atoms with Gasteiger partial charge in [-0.15, -0.1) is 0 Å². The normalized spacial score (nSPS) is 10.9. The molecule has 0 bridgehead atoms. The van der Waals surface area contributed by atoms with E-state index in [2.05, 4.69) is 4.98 Å². The number of carbonyl (C=O) groups excluding carboxylic acids is 1. The molecule has 0 saturated carbocycles. The number of nitrogens with two attached hydrogens (primary N) is 1. The molecule has 1 amide bonds. The molecular formula is C13H11N3O2. The molecule has 3 aromatic heterocycles. The number of rotatable bonds is 3. The second kappa shape index (κ2) is 4.03. The van der Waals surface area contributed by atoms with Gasteiger partial charge < -0.3 is 14.7 Å². The third-order valence-electron chi connectivity index (χ3n) is 2.84. The first-order chi connectivity index (χ1) is 8.74. The highest BCUT2D eigenvalue weighted by molar-refractivity contribution is 5.92. The Bertz CT molecular complexity index is 712. The van der Waals surface area contributed by atoms with Gasteiger partial charge in [-0.05, 0) is 18.2 Å². The molecule has 3 rings (SSSR count). The molecule has 0 radical (unpaired) electrons. The van der Waals surface area contributed by atoms with Crippen molar-refractivity contribution in [1.82, 2.24) is 9.55 Å². The lowest BCUT2D eigenvalue weighted by Crippen LogP contribution is -2.09. The van der Waals surface area contributed by atoms with E-state index in [1.165, 1.54) is 6.26 Å². The molecule has 0 aliphatic carbocycles. The van der Waals surface area contributed by atoms with Crippen LogP contribution in [-0.2, 0) is 6.54 Å². The summed E-state index contributed by atoms with van der Waals surface area (Å²) in [5, 5.41) is 1.07. The van der Waals surface area contributed by atoms with E-state index >= 15 is 0 Å². The molecule has 0 aromatic carbocycles. The van der Waals surface area contributed by atoms with Gasteiger partial charge in [0.25, 0.3) is 5.91 Å². The SMILES string of the molecule is NC(=O)c1coc(Cn2ccc3cnccc32)c1. The Kier molecular flexibility index (Phi) is 2.37. The van der Waals surface area contributed by atoms with E-state index in [0.29, 0.717) is 17.9 Å². The molecular weight excluding hydrogens is 230 g/mol. The maximum atomic E-state index is 11.0. The van der Waals surface area contributed by atoms with Gasteiger partial charge in [-0.2, -0.15) is 0 Å². The molecule has 3 aromatic rings. The third-order valence-corrected chi connectivity index (χ3v) is 2.84. The van der Waals surface area contributed by atoms with Crippen molar-refractivity contribution in [1.29, 1.82) is 0 Å². The number of pyridine rings is 1. The van der Waals surface area contributed by atoms with Crippen molar-refractivity contribution in [3.05, 3.63) is 54.4 Å². The average molecular weight is 241 g/mol. The first kappa shape index (κ1) is 10.6. The Morgan fingerprint density at radius 1 is 1.44 bits per heavy atom. The molecule has 0 spiro atoms. The van der Waals surface area contributed by atoms with Gasteiger partial charge in [0.1, 0.15) is 12.0 Å². The summed E-state index contributed by atoms with van der Waals surface area (Å²) >= 11 is 0. The largest absolute Gasteiger partial charge is 0.467 e. The topological polar surface area (TPSA) is 74.1 Å². The van der Waals surface area contributed by atoms with Gasteiger partial charge >= 0.3 is 0 Å².